The molecule has 0 aliphatic carbocycles. The zero-order valence-electron chi connectivity index (χ0n) is 12.5. The van der Waals surface area contributed by atoms with Gasteiger partial charge < -0.3 is 14.6 Å². The van der Waals surface area contributed by atoms with Crippen LogP contribution in [0.1, 0.15) is 51.8 Å². The van der Waals surface area contributed by atoms with Crippen molar-refractivity contribution in [3.8, 4) is 0 Å². The number of ether oxygens (including phenoxy) is 1. The zero-order valence-corrected chi connectivity index (χ0v) is 12.5. The summed E-state index contributed by atoms with van der Waals surface area (Å²) >= 11 is 0. The minimum absolute atomic E-state index is 0.0275. The molecule has 114 valence electrons. The normalized spacial score (nSPS) is 11.7. The van der Waals surface area contributed by atoms with E-state index >= 15 is 0 Å². The number of hydrogen-bond donors (Lipinski definition) is 0. The van der Waals surface area contributed by atoms with Crippen molar-refractivity contribution in [3.63, 3.8) is 0 Å². The fraction of sp³-hybridized carbons (Fsp3) is 0.222. The predicted molar refractivity (Wildman–Crippen MR) is 80.4 cm³/mol. The van der Waals surface area contributed by atoms with Gasteiger partial charge in [0.1, 0.15) is 6.10 Å². The highest BCUT2D eigenvalue weighted by Crippen LogP contribution is 2.19. The van der Waals surface area contributed by atoms with E-state index in [-0.39, 0.29) is 11.7 Å². The molecule has 0 aromatic heterocycles. The summed E-state index contributed by atoms with van der Waals surface area (Å²) < 4.78 is 5.39. The maximum Gasteiger partial charge on any atom is 0.338 e. The Labute approximate surface area is 129 Å². The minimum atomic E-state index is -1.27. The van der Waals surface area contributed by atoms with Crippen LogP contribution in [-0.4, -0.2) is 11.9 Å². The molecular weight excluding hydrogens is 280 g/mol. The number of aryl methyl sites for hydroxylation is 1. The number of carboxylic acid groups (broad SMARTS) is 1. The third-order valence-electron chi connectivity index (χ3n) is 3.50. The van der Waals surface area contributed by atoms with Crippen LogP contribution in [0.15, 0.2) is 48.5 Å². The summed E-state index contributed by atoms with van der Waals surface area (Å²) in [5, 5.41) is 10.7. The Morgan fingerprint density at radius 2 is 1.55 bits per heavy atom. The van der Waals surface area contributed by atoms with Crippen LogP contribution < -0.4 is 5.11 Å². The summed E-state index contributed by atoms with van der Waals surface area (Å²) in [5.41, 5.74) is 2.47. The Morgan fingerprint density at radius 1 is 1.00 bits per heavy atom. The van der Waals surface area contributed by atoms with Gasteiger partial charge in [-0.1, -0.05) is 43.3 Å². The maximum atomic E-state index is 12.0. The Morgan fingerprint density at radius 3 is 2.05 bits per heavy atom. The number of carboxylic acids is 1. The van der Waals surface area contributed by atoms with Crippen LogP contribution in [0.2, 0.25) is 0 Å². The van der Waals surface area contributed by atoms with Gasteiger partial charge in [0.15, 0.2) is 0 Å². The van der Waals surface area contributed by atoms with Crippen molar-refractivity contribution in [2.75, 3.05) is 0 Å². The van der Waals surface area contributed by atoms with Gasteiger partial charge in [0.05, 0.1) is 11.5 Å². The lowest BCUT2D eigenvalue weighted by molar-refractivity contribution is -0.255. The van der Waals surface area contributed by atoms with E-state index in [2.05, 4.69) is 6.92 Å². The van der Waals surface area contributed by atoms with E-state index in [0.717, 1.165) is 12.0 Å². The Hall–Kier alpha value is -2.62. The van der Waals surface area contributed by atoms with E-state index in [0.29, 0.717) is 5.56 Å². The monoisotopic (exact) mass is 297 g/mol. The molecule has 0 fully saturated rings. The molecule has 0 heterocycles. The zero-order chi connectivity index (χ0) is 16.1. The average molecular weight is 297 g/mol. The molecule has 0 saturated carbocycles. The highest BCUT2D eigenvalue weighted by atomic mass is 16.5. The lowest BCUT2D eigenvalue weighted by atomic mass is 10.1. The van der Waals surface area contributed by atoms with Gasteiger partial charge in [-0.05, 0) is 42.2 Å². The molecule has 0 saturated heterocycles. The lowest BCUT2D eigenvalue weighted by Crippen LogP contribution is -2.22. The summed E-state index contributed by atoms with van der Waals surface area (Å²) in [7, 11) is 0. The van der Waals surface area contributed by atoms with Crippen molar-refractivity contribution in [2.45, 2.75) is 26.4 Å². The van der Waals surface area contributed by atoms with Crippen LogP contribution in [-0.2, 0) is 11.2 Å². The Kier molecular flexibility index (Phi) is 4.94. The predicted octanol–water partition coefficient (Wildman–Crippen LogP) is 2.53. The first kappa shape index (κ1) is 15.8. The lowest BCUT2D eigenvalue weighted by Gasteiger charge is -2.14. The quantitative estimate of drug-likeness (QED) is 0.795. The van der Waals surface area contributed by atoms with Gasteiger partial charge in [0, 0.05) is 0 Å². The molecule has 0 aliphatic heterocycles. The highest BCUT2D eigenvalue weighted by molar-refractivity contribution is 5.92. The number of carbonyl (C=O) groups is 2. The first-order valence-electron chi connectivity index (χ1n) is 7.12. The van der Waals surface area contributed by atoms with Crippen molar-refractivity contribution < 1.29 is 19.4 Å². The van der Waals surface area contributed by atoms with Gasteiger partial charge in [-0.2, -0.15) is 0 Å². The smallest absolute Gasteiger partial charge is 0.338 e. The molecule has 4 nitrogen and oxygen atoms in total. The third-order valence-corrected chi connectivity index (χ3v) is 3.50. The number of esters is 1. The van der Waals surface area contributed by atoms with E-state index in [1.54, 1.807) is 6.92 Å². The fourth-order valence-electron chi connectivity index (χ4n) is 2.06. The highest BCUT2D eigenvalue weighted by Gasteiger charge is 2.13. The SMILES string of the molecule is CCc1ccc(C(C)OC(=O)c2ccc(C(=O)[O-])cc2)cc1. The molecule has 2 rings (SSSR count). The van der Waals surface area contributed by atoms with E-state index in [4.69, 9.17) is 4.74 Å². The van der Waals surface area contributed by atoms with Crippen LogP contribution in [0.3, 0.4) is 0 Å². The average Bonchev–Trinajstić information content (AvgIpc) is 2.54. The third kappa shape index (κ3) is 3.73. The maximum absolute atomic E-state index is 12.0. The second-order valence-corrected chi connectivity index (χ2v) is 5.01. The molecule has 0 amide bonds. The minimum Gasteiger partial charge on any atom is -0.545 e. The fourth-order valence-corrected chi connectivity index (χ4v) is 2.06. The first-order chi connectivity index (χ1) is 10.5. The van der Waals surface area contributed by atoms with E-state index in [1.807, 2.05) is 24.3 Å². The largest absolute Gasteiger partial charge is 0.545 e. The van der Waals surface area contributed by atoms with Crippen LogP contribution in [0.5, 0.6) is 0 Å². The van der Waals surface area contributed by atoms with Crippen molar-refractivity contribution in [3.05, 3.63) is 70.8 Å². The molecule has 0 spiro atoms. The van der Waals surface area contributed by atoms with Crippen molar-refractivity contribution in [1.82, 2.24) is 0 Å². The van der Waals surface area contributed by atoms with Crippen LogP contribution >= 0.6 is 0 Å². The summed E-state index contributed by atoms with van der Waals surface area (Å²) in [6.45, 7) is 3.88. The molecule has 1 atom stereocenters. The van der Waals surface area contributed by atoms with E-state index in [1.165, 1.54) is 29.8 Å². The van der Waals surface area contributed by atoms with Gasteiger partial charge in [-0.3, -0.25) is 0 Å². The standard InChI is InChI=1S/C18H18O4/c1-3-13-4-6-14(7-5-13)12(2)22-18(21)16-10-8-15(9-11-16)17(19)20/h4-12H,3H2,1-2H3,(H,19,20)/p-1. The van der Waals surface area contributed by atoms with Gasteiger partial charge in [-0.25, -0.2) is 4.79 Å². The molecule has 4 heteroatoms. The number of benzene rings is 2. The molecule has 1 unspecified atom stereocenters. The number of rotatable bonds is 5. The van der Waals surface area contributed by atoms with Gasteiger partial charge in [0.25, 0.3) is 0 Å². The van der Waals surface area contributed by atoms with Crippen molar-refractivity contribution in [2.24, 2.45) is 0 Å². The van der Waals surface area contributed by atoms with Gasteiger partial charge in [0.2, 0.25) is 0 Å². The molecule has 2 aromatic carbocycles. The van der Waals surface area contributed by atoms with Gasteiger partial charge >= 0.3 is 5.97 Å². The summed E-state index contributed by atoms with van der Waals surface area (Å²) in [4.78, 5) is 22.7. The molecular formula is C18H17O4-. The van der Waals surface area contributed by atoms with Crippen molar-refractivity contribution in [1.29, 1.82) is 0 Å². The number of carbonyl (C=O) groups excluding carboxylic acids is 2. The topological polar surface area (TPSA) is 66.4 Å². The second-order valence-electron chi connectivity index (χ2n) is 5.01. The molecule has 2 aromatic rings. The summed E-state index contributed by atoms with van der Waals surface area (Å²) in [6.07, 6.45) is 0.582. The molecule has 0 aliphatic rings. The molecule has 0 bridgehead atoms. The van der Waals surface area contributed by atoms with E-state index in [9.17, 15) is 14.7 Å². The second kappa shape index (κ2) is 6.89. The van der Waals surface area contributed by atoms with Gasteiger partial charge in [-0.15, -0.1) is 0 Å². The Balaban J connectivity index is 2.05. The number of hydrogen-bond acceptors (Lipinski definition) is 4. The van der Waals surface area contributed by atoms with Crippen molar-refractivity contribution >= 4 is 11.9 Å². The molecule has 0 radical (unpaired) electrons. The first-order valence-corrected chi connectivity index (χ1v) is 7.12. The van der Waals surface area contributed by atoms with E-state index < -0.39 is 11.9 Å². The summed E-state index contributed by atoms with van der Waals surface area (Å²) in [6, 6.07) is 13.4. The summed E-state index contributed by atoms with van der Waals surface area (Å²) in [5.74, 6) is -1.76. The molecule has 22 heavy (non-hydrogen) atoms. The van der Waals surface area contributed by atoms with Crippen LogP contribution in [0, 0.1) is 0 Å². The Bertz CT molecular complexity index is 656. The number of aromatic carboxylic acids is 1. The molecule has 0 N–H and O–H groups in total. The van der Waals surface area contributed by atoms with Crippen LogP contribution in [0.4, 0.5) is 0 Å². The van der Waals surface area contributed by atoms with Crippen LogP contribution in [0.25, 0.3) is 0 Å².